The number of nitrogens with two attached hydrogens (primary N) is 1. The molecule has 1 aromatic carbocycles. The third-order valence-electron chi connectivity index (χ3n) is 2.83. The summed E-state index contributed by atoms with van der Waals surface area (Å²) in [4.78, 5) is 13.9. The van der Waals surface area contributed by atoms with E-state index >= 15 is 0 Å². The second kappa shape index (κ2) is 7.62. The number of likely N-dealkylation sites (N-methyl/N-ethyl adjacent to an activating group) is 1. The molecular formula is C15H25N3O2. The Labute approximate surface area is 121 Å². The van der Waals surface area contributed by atoms with Crippen LogP contribution < -0.4 is 20.7 Å². The summed E-state index contributed by atoms with van der Waals surface area (Å²) < 4.78 is 5.49. The molecule has 0 spiro atoms. The Kier molecular flexibility index (Phi) is 6.15. The molecule has 0 aliphatic carbocycles. The van der Waals surface area contributed by atoms with Gasteiger partial charge in [-0.1, -0.05) is 0 Å². The number of benzene rings is 1. The van der Waals surface area contributed by atoms with Crippen LogP contribution in [0.4, 0.5) is 11.4 Å². The van der Waals surface area contributed by atoms with Crippen molar-refractivity contribution in [3.8, 4) is 5.75 Å². The van der Waals surface area contributed by atoms with E-state index < -0.39 is 0 Å². The zero-order valence-electron chi connectivity index (χ0n) is 12.8. The largest absolute Gasteiger partial charge is 0.492 e. The molecule has 112 valence electrons. The summed E-state index contributed by atoms with van der Waals surface area (Å²) >= 11 is 0. The first-order valence-corrected chi connectivity index (χ1v) is 7.04. The number of amides is 1. The van der Waals surface area contributed by atoms with Gasteiger partial charge in [0.1, 0.15) is 5.75 Å². The van der Waals surface area contributed by atoms with Crippen LogP contribution in [0.3, 0.4) is 0 Å². The van der Waals surface area contributed by atoms with Crippen molar-refractivity contribution in [2.45, 2.75) is 33.7 Å². The molecule has 3 N–H and O–H groups in total. The van der Waals surface area contributed by atoms with E-state index in [9.17, 15) is 4.79 Å². The van der Waals surface area contributed by atoms with Gasteiger partial charge in [0.25, 0.3) is 0 Å². The first-order valence-electron chi connectivity index (χ1n) is 7.04. The number of rotatable bonds is 7. The van der Waals surface area contributed by atoms with Crippen LogP contribution >= 0.6 is 0 Å². The van der Waals surface area contributed by atoms with Crippen molar-refractivity contribution in [3.05, 3.63) is 18.2 Å². The molecule has 0 fully saturated rings. The summed E-state index contributed by atoms with van der Waals surface area (Å²) in [5, 5.41) is 2.89. The molecule has 0 saturated carbocycles. The second-order valence-electron chi connectivity index (χ2n) is 4.89. The molecule has 5 nitrogen and oxygen atoms in total. The highest BCUT2D eigenvalue weighted by atomic mass is 16.5. The fraction of sp³-hybridized carbons (Fsp3) is 0.533. The molecule has 1 amide bonds. The van der Waals surface area contributed by atoms with Gasteiger partial charge in [-0.05, 0) is 39.8 Å². The molecule has 0 bridgehead atoms. The van der Waals surface area contributed by atoms with Gasteiger partial charge in [-0.2, -0.15) is 0 Å². The van der Waals surface area contributed by atoms with E-state index in [1.54, 1.807) is 0 Å². The molecule has 0 aliphatic heterocycles. The van der Waals surface area contributed by atoms with Crippen molar-refractivity contribution in [3.63, 3.8) is 0 Å². The number of carbonyl (C=O) groups excluding carboxylic acids is 1. The third-order valence-corrected chi connectivity index (χ3v) is 2.83. The average Bonchev–Trinajstić information content (AvgIpc) is 2.38. The third kappa shape index (κ3) is 4.64. The lowest BCUT2D eigenvalue weighted by atomic mass is 10.2. The summed E-state index contributed by atoms with van der Waals surface area (Å²) in [5.41, 5.74) is 7.41. The minimum absolute atomic E-state index is 0.0108. The molecule has 1 aromatic rings. The Morgan fingerprint density at radius 1 is 1.40 bits per heavy atom. The van der Waals surface area contributed by atoms with Crippen molar-refractivity contribution in [2.75, 3.05) is 30.3 Å². The van der Waals surface area contributed by atoms with Gasteiger partial charge >= 0.3 is 0 Å². The Balaban J connectivity index is 2.84. The Morgan fingerprint density at radius 3 is 2.65 bits per heavy atom. The average molecular weight is 279 g/mol. The van der Waals surface area contributed by atoms with Crippen LogP contribution in [0.5, 0.6) is 5.75 Å². The van der Waals surface area contributed by atoms with Crippen LogP contribution in [0.25, 0.3) is 0 Å². The van der Waals surface area contributed by atoms with Gasteiger partial charge in [-0.15, -0.1) is 0 Å². The highest BCUT2D eigenvalue weighted by Crippen LogP contribution is 2.27. The molecule has 5 heteroatoms. The summed E-state index contributed by atoms with van der Waals surface area (Å²) in [5.74, 6) is 0.671. The zero-order valence-corrected chi connectivity index (χ0v) is 12.8. The van der Waals surface area contributed by atoms with Gasteiger partial charge in [0, 0.05) is 24.3 Å². The fourth-order valence-corrected chi connectivity index (χ4v) is 1.93. The molecule has 0 unspecified atom stereocenters. The van der Waals surface area contributed by atoms with E-state index in [2.05, 4.69) is 5.32 Å². The lowest BCUT2D eigenvalue weighted by molar-refractivity contribution is -0.120. The van der Waals surface area contributed by atoms with Crippen LogP contribution in [0, 0.1) is 0 Å². The van der Waals surface area contributed by atoms with Crippen molar-refractivity contribution in [1.29, 1.82) is 0 Å². The Bertz CT molecular complexity index is 447. The maximum atomic E-state index is 11.9. The van der Waals surface area contributed by atoms with Crippen molar-refractivity contribution < 1.29 is 9.53 Å². The fourth-order valence-electron chi connectivity index (χ4n) is 1.93. The predicted molar refractivity (Wildman–Crippen MR) is 83.2 cm³/mol. The number of hydrogen-bond acceptors (Lipinski definition) is 4. The van der Waals surface area contributed by atoms with E-state index in [0.717, 1.165) is 12.2 Å². The maximum absolute atomic E-state index is 11.9. The monoisotopic (exact) mass is 279 g/mol. The molecule has 0 heterocycles. The SMILES string of the molecule is CCOc1cc(N(CC)CC(=O)NC(C)C)ccc1N. The number of hydrogen-bond donors (Lipinski definition) is 2. The molecule has 1 rings (SSSR count). The molecule has 0 atom stereocenters. The van der Waals surface area contributed by atoms with E-state index in [1.165, 1.54) is 0 Å². The highest BCUT2D eigenvalue weighted by Gasteiger charge is 2.12. The number of ether oxygens (including phenoxy) is 1. The smallest absolute Gasteiger partial charge is 0.239 e. The summed E-state index contributed by atoms with van der Waals surface area (Å²) in [6.45, 7) is 9.45. The van der Waals surface area contributed by atoms with Crippen molar-refractivity contribution in [2.24, 2.45) is 0 Å². The molecule has 0 saturated heterocycles. The number of nitrogens with zero attached hydrogens (tertiary/aromatic N) is 1. The lowest BCUT2D eigenvalue weighted by Crippen LogP contribution is -2.40. The van der Waals surface area contributed by atoms with Crippen molar-refractivity contribution >= 4 is 17.3 Å². The molecule has 0 aliphatic rings. The lowest BCUT2D eigenvalue weighted by Gasteiger charge is -2.24. The number of nitrogen functional groups attached to an aromatic ring is 1. The Hall–Kier alpha value is -1.91. The van der Waals surface area contributed by atoms with Crippen molar-refractivity contribution in [1.82, 2.24) is 5.32 Å². The van der Waals surface area contributed by atoms with Gasteiger partial charge in [-0.25, -0.2) is 0 Å². The number of carbonyl (C=O) groups is 1. The number of nitrogens with one attached hydrogen (secondary N) is 1. The van der Waals surface area contributed by atoms with Crippen LogP contribution in [0.2, 0.25) is 0 Å². The van der Waals surface area contributed by atoms with Gasteiger partial charge < -0.3 is 20.7 Å². The van der Waals surface area contributed by atoms with E-state index in [0.29, 0.717) is 24.6 Å². The normalized spacial score (nSPS) is 10.4. The second-order valence-corrected chi connectivity index (χ2v) is 4.89. The van der Waals surface area contributed by atoms with Crippen LogP contribution in [0.1, 0.15) is 27.7 Å². The van der Waals surface area contributed by atoms with E-state index in [4.69, 9.17) is 10.5 Å². The van der Waals surface area contributed by atoms with E-state index in [1.807, 2.05) is 50.8 Å². The van der Waals surface area contributed by atoms with Crippen LogP contribution in [0.15, 0.2) is 18.2 Å². The first-order chi connectivity index (χ1) is 9.47. The van der Waals surface area contributed by atoms with Gasteiger partial charge in [0.2, 0.25) is 5.91 Å². The standard InChI is InChI=1S/C15H25N3O2/c1-5-18(10-15(19)17-11(3)4)12-7-8-13(16)14(9-12)20-6-2/h7-9,11H,5-6,10,16H2,1-4H3,(H,17,19). The predicted octanol–water partition coefficient (Wildman–Crippen LogP) is 2.02. The van der Waals surface area contributed by atoms with Crippen LogP contribution in [-0.2, 0) is 4.79 Å². The van der Waals surface area contributed by atoms with Crippen LogP contribution in [-0.4, -0.2) is 31.6 Å². The van der Waals surface area contributed by atoms with E-state index in [-0.39, 0.29) is 11.9 Å². The number of anilines is 2. The highest BCUT2D eigenvalue weighted by molar-refractivity contribution is 5.81. The quantitative estimate of drug-likeness (QED) is 0.749. The minimum Gasteiger partial charge on any atom is -0.492 e. The zero-order chi connectivity index (χ0) is 15.1. The van der Waals surface area contributed by atoms with Gasteiger partial charge in [-0.3, -0.25) is 4.79 Å². The summed E-state index contributed by atoms with van der Waals surface area (Å²) in [6, 6.07) is 5.74. The Morgan fingerprint density at radius 2 is 2.10 bits per heavy atom. The molecule has 0 aromatic heterocycles. The molecular weight excluding hydrogens is 254 g/mol. The first kappa shape index (κ1) is 16.1. The summed E-state index contributed by atoms with van der Waals surface area (Å²) in [7, 11) is 0. The summed E-state index contributed by atoms with van der Waals surface area (Å²) in [6.07, 6.45) is 0. The molecule has 0 radical (unpaired) electrons. The van der Waals surface area contributed by atoms with Gasteiger partial charge in [0.15, 0.2) is 0 Å². The van der Waals surface area contributed by atoms with Gasteiger partial charge in [0.05, 0.1) is 18.8 Å². The topological polar surface area (TPSA) is 67.6 Å². The minimum atomic E-state index is 0.0108. The maximum Gasteiger partial charge on any atom is 0.239 e. The molecule has 20 heavy (non-hydrogen) atoms.